The van der Waals surface area contributed by atoms with Gasteiger partial charge in [0.25, 0.3) is 5.78 Å². The summed E-state index contributed by atoms with van der Waals surface area (Å²) in [5, 5.41) is 14.6. The minimum absolute atomic E-state index is 0.339. The van der Waals surface area contributed by atoms with E-state index >= 15 is 0 Å². The van der Waals surface area contributed by atoms with Crippen LogP contribution in [0.4, 0.5) is 19.0 Å². The molecule has 0 N–H and O–H groups in total. The lowest BCUT2D eigenvalue weighted by Crippen LogP contribution is -2.11. The Hall–Kier alpha value is -3.31. The number of pyridine rings is 1. The highest BCUT2D eigenvalue weighted by atomic mass is 19.4. The highest BCUT2D eigenvalue weighted by Gasteiger charge is 2.34. The second-order valence-corrected chi connectivity index (χ2v) is 4.13. The average molecular weight is 326 g/mol. The van der Waals surface area contributed by atoms with Crippen LogP contribution < -0.4 is 4.74 Å². The van der Waals surface area contributed by atoms with Crippen LogP contribution in [-0.2, 0) is 6.18 Å². The zero-order valence-corrected chi connectivity index (χ0v) is 10.9. The largest absolute Gasteiger partial charge is 0.433 e. The van der Waals surface area contributed by atoms with Gasteiger partial charge in [-0.15, -0.1) is 0 Å². The Kier molecular flexibility index (Phi) is 3.28. The normalized spacial score (nSPS) is 11.6. The summed E-state index contributed by atoms with van der Waals surface area (Å²) in [5.74, 6) is -1.78. The number of hydrogen-bond donors (Lipinski definition) is 0. The molecule has 3 aromatic rings. The Balaban J connectivity index is 2.13. The van der Waals surface area contributed by atoms with E-state index < -0.39 is 28.5 Å². The first-order valence-corrected chi connectivity index (χ1v) is 5.91. The molecule has 3 rings (SSSR count). The maximum absolute atomic E-state index is 12.9. The average Bonchev–Trinajstić information content (AvgIpc) is 2.95. The predicted octanol–water partition coefficient (Wildman–Crippen LogP) is 2.24. The van der Waals surface area contributed by atoms with E-state index in [4.69, 9.17) is 4.74 Å². The summed E-state index contributed by atoms with van der Waals surface area (Å²) in [6, 6.07) is 3.10. The lowest BCUT2D eigenvalue weighted by atomic mass is 10.4. The second kappa shape index (κ2) is 5.15. The van der Waals surface area contributed by atoms with Gasteiger partial charge in [0, 0.05) is 6.07 Å². The van der Waals surface area contributed by atoms with Gasteiger partial charge in [-0.2, -0.15) is 27.8 Å². The Bertz CT molecular complexity index is 894. The van der Waals surface area contributed by atoms with E-state index in [9.17, 15) is 23.3 Å². The van der Waals surface area contributed by atoms with Gasteiger partial charge in [0.2, 0.25) is 11.6 Å². The van der Waals surface area contributed by atoms with Crippen molar-refractivity contribution in [1.29, 1.82) is 0 Å². The fraction of sp³-hybridized carbons (Fsp3) is 0.0909. The number of aromatic nitrogens is 5. The number of hydrogen-bond acceptors (Lipinski definition) is 7. The molecule has 0 bridgehead atoms. The number of rotatable bonds is 3. The molecular weight excluding hydrogens is 321 g/mol. The van der Waals surface area contributed by atoms with Crippen LogP contribution in [0.15, 0.2) is 30.7 Å². The molecule has 23 heavy (non-hydrogen) atoms. The monoisotopic (exact) mass is 326 g/mol. The summed E-state index contributed by atoms with van der Waals surface area (Å²) in [7, 11) is 0. The quantitative estimate of drug-likeness (QED) is 0.536. The molecule has 3 aromatic heterocycles. The molecule has 0 amide bonds. The van der Waals surface area contributed by atoms with Gasteiger partial charge in [-0.25, -0.2) is 4.98 Å². The van der Waals surface area contributed by atoms with Gasteiger partial charge in [0.15, 0.2) is 5.69 Å². The van der Waals surface area contributed by atoms with Gasteiger partial charge in [-0.1, -0.05) is 0 Å². The Morgan fingerprint density at radius 2 is 2.09 bits per heavy atom. The summed E-state index contributed by atoms with van der Waals surface area (Å²) in [6.45, 7) is 0. The maximum Gasteiger partial charge on any atom is 0.433 e. The van der Waals surface area contributed by atoms with Crippen molar-refractivity contribution in [1.82, 2.24) is 24.6 Å². The van der Waals surface area contributed by atoms with Crippen LogP contribution in [0.5, 0.6) is 11.6 Å². The molecule has 118 valence electrons. The number of fused-ring (bicyclic) bond motifs is 1. The lowest BCUT2D eigenvalue weighted by Gasteiger charge is -2.10. The lowest BCUT2D eigenvalue weighted by molar-refractivity contribution is -0.390. The third kappa shape index (κ3) is 2.73. The van der Waals surface area contributed by atoms with E-state index in [1.54, 1.807) is 0 Å². The van der Waals surface area contributed by atoms with Crippen molar-refractivity contribution in [3.63, 3.8) is 0 Å². The summed E-state index contributed by atoms with van der Waals surface area (Å²) >= 11 is 0. The van der Waals surface area contributed by atoms with E-state index in [2.05, 4.69) is 20.1 Å². The molecule has 0 spiro atoms. The number of ether oxygens (including phenoxy) is 1. The molecule has 0 radical (unpaired) electrons. The zero-order valence-electron chi connectivity index (χ0n) is 10.9. The Morgan fingerprint density at radius 3 is 2.78 bits per heavy atom. The number of nitrogens with zero attached hydrogens (tertiary/aromatic N) is 6. The third-order valence-electron chi connectivity index (χ3n) is 2.65. The van der Waals surface area contributed by atoms with Crippen LogP contribution in [0.2, 0.25) is 0 Å². The SMILES string of the molecule is O=[N+]([O-])c1ncccc1Oc1cc(C(F)(F)F)nc2ncnn12. The Morgan fingerprint density at radius 1 is 1.30 bits per heavy atom. The van der Waals surface area contributed by atoms with Crippen LogP contribution >= 0.6 is 0 Å². The minimum Gasteiger partial charge on any atom is -0.430 e. The zero-order chi connectivity index (χ0) is 16.6. The molecule has 0 aliphatic heterocycles. The molecule has 0 aliphatic rings. The Labute approximate surface area is 124 Å². The first kappa shape index (κ1) is 14.6. The summed E-state index contributed by atoms with van der Waals surface area (Å²) in [5.41, 5.74) is -1.26. The summed E-state index contributed by atoms with van der Waals surface area (Å²) in [6.07, 6.45) is -2.61. The minimum atomic E-state index is -4.74. The van der Waals surface area contributed by atoms with E-state index in [1.807, 2.05) is 0 Å². The molecule has 9 nitrogen and oxygen atoms in total. The van der Waals surface area contributed by atoms with Crippen LogP contribution in [-0.4, -0.2) is 29.5 Å². The second-order valence-electron chi connectivity index (χ2n) is 4.13. The molecule has 0 atom stereocenters. The number of nitro groups is 1. The van der Waals surface area contributed by atoms with Crippen molar-refractivity contribution < 1.29 is 22.8 Å². The van der Waals surface area contributed by atoms with Gasteiger partial charge < -0.3 is 14.9 Å². The van der Waals surface area contributed by atoms with Gasteiger partial charge >= 0.3 is 12.0 Å². The van der Waals surface area contributed by atoms with Crippen molar-refractivity contribution in [2.75, 3.05) is 0 Å². The fourth-order valence-corrected chi connectivity index (χ4v) is 1.71. The standard InChI is InChI=1S/C11H5F3N6O3/c12-11(13,14)7-4-8(19-10(18-7)16-5-17-19)23-6-2-1-3-15-9(6)20(21)22/h1-5H. The van der Waals surface area contributed by atoms with Crippen molar-refractivity contribution >= 4 is 11.6 Å². The van der Waals surface area contributed by atoms with Crippen LogP contribution in [0.3, 0.4) is 0 Å². The number of halogens is 3. The van der Waals surface area contributed by atoms with E-state index in [1.165, 1.54) is 12.1 Å². The molecule has 12 heteroatoms. The molecule has 3 heterocycles. The van der Waals surface area contributed by atoms with Gasteiger partial charge in [0.1, 0.15) is 12.5 Å². The van der Waals surface area contributed by atoms with Gasteiger partial charge in [0.05, 0.1) is 0 Å². The van der Waals surface area contributed by atoms with Crippen LogP contribution in [0.25, 0.3) is 5.78 Å². The van der Waals surface area contributed by atoms with Crippen molar-refractivity contribution in [2.45, 2.75) is 6.18 Å². The first-order chi connectivity index (χ1) is 10.9. The molecule has 0 saturated carbocycles. The van der Waals surface area contributed by atoms with Crippen molar-refractivity contribution in [3.05, 3.63) is 46.5 Å². The topological polar surface area (TPSA) is 108 Å². The van der Waals surface area contributed by atoms with Crippen LogP contribution in [0.1, 0.15) is 5.69 Å². The molecule has 0 aliphatic carbocycles. The fourth-order valence-electron chi connectivity index (χ4n) is 1.71. The van der Waals surface area contributed by atoms with Crippen LogP contribution in [0, 0.1) is 10.1 Å². The molecule has 0 saturated heterocycles. The molecule has 0 unspecified atom stereocenters. The number of alkyl halides is 3. The highest BCUT2D eigenvalue weighted by molar-refractivity contribution is 5.43. The third-order valence-corrected chi connectivity index (χ3v) is 2.65. The van der Waals surface area contributed by atoms with Crippen molar-refractivity contribution in [3.8, 4) is 11.6 Å². The first-order valence-electron chi connectivity index (χ1n) is 5.91. The van der Waals surface area contributed by atoms with Crippen molar-refractivity contribution in [2.24, 2.45) is 0 Å². The maximum atomic E-state index is 12.9. The summed E-state index contributed by atoms with van der Waals surface area (Å²) in [4.78, 5) is 20.4. The van der Waals surface area contributed by atoms with Gasteiger partial charge in [-0.3, -0.25) is 0 Å². The molecular formula is C11H5F3N6O3. The predicted molar refractivity (Wildman–Crippen MR) is 66.7 cm³/mol. The summed E-state index contributed by atoms with van der Waals surface area (Å²) < 4.78 is 44.6. The molecule has 0 fully saturated rings. The van der Waals surface area contributed by atoms with E-state index in [0.717, 1.165) is 17.0 Å². The van der Waals surface area contributed by atoms with E-state index in [0.29, 0.717) is 6.07 Å². The van der Waals surface area contributed by atoms with Gasteiger partial charge in [-0.05, 0) is 22.0 Å². The smallest absolute Gasteiger partial charge is 0.430 e. The van der Waals surface area contributed by atoms with E-state index in [-0.39, 0.29) is 11.5 Å². The highest BCUT2D eigenvalue weighted by Crippen LogP contribution is 2.33. The molecule has 0 aromatic carbocycles.